The van der Waals surface area contributed by atoms with E-state index in [-0.39, 0.29) is 5.82 Å². The monoisotopic (exact) mass is 182 g/mol. The molecule has 0 aliphatic rings. The van der Waals surface area contributed by atoms with E-state index in [9.17, 15) is 9.18 Å². The second-order valence-electron chi connectivity index (χ2n) is 2.59. The molecule has 0 heterocycles. The van der Waals surface area contributed by atoms with E-state index in [1.807, 2.05) is 13.8 Å². The first-order chi connectivity index (χ1) is 6.15. The standard InChI is InChI=1S/C9H9FO.C2H6/c1-6-3-8(5-11)4-7(2)9(6)10;1-2/h3-5H,1-2H3;1-2H3. The highest BCUT2D eigenvalue weighted by atomic mass is 19.1. The minimum atomic E-state index is -0.226. The Kier molecular flexibility index (Phi) is 4.97. The Bertz CT molecular complexity index is 269. The van der Waals surface area contributed by atoms with Crippen molar-refractivity contribution in [1.29, 1.82) is 0 Å². The number of halogens is 1. The summed E-state index contributed by atoms with van der Waals surface area (Å²) in [6, 6.07) is 3.07. The van der Waals surface area contributed by atoms with E-state index in [2.05, 4.69) is 0 Å². The van der Waals surface area contributed by atoms with Gasteiger partial charge in [0.1, 0.15) is 12.1 Å². The van der Waals surface area contributed by atoms with Crippen molar-refractivity contribution < 1.29 is 9.18 Å². The smallest absolute Gasteiger partial charge is 0.150 e. The maximum Gasteiger partial charge on any atom is 0.150 e. The van der Waals surface area contributed by atoms with E-state index in [0.29, 0.717) is 16.7 Å². The fourth-order valence-corrected chi connectivity index (χ4v) is 1.05. The molecule has 0 N–H and O–H groups in total. The van der Waals surface area contributed by atoms with Gasteiger partial charge in [0.2, 0.25) is 0 Å². The van der Waals surface area contributed by atoms with Crippen molar-refractivity contribution >= 4 is 6.29 Å². The summed E-state index contributed by atoms with van der Waals surface area (Å²) in [5.74, 6) is -0.226. The van der Waals surface area contributed by atoms with E-state index in [0.717, 1.165) is 6.29 Å². The van der Waals surface area contributed by atoms with Crippen LogP contribution in [0.25, 0.3) is 0 Å². The lowest BCUT2D eigenvalue weighted by atomic mass is 10.1. The zero-order valence-corrected chi connectivity index (χ0v) is 8.52. The maximum absolute atomic E-state index is 12.9. The number of hydrogen-bond donors (Lipinski definition) is 0. The Morgan fingerprint density at radius 3 is 1.85 bits per heavy atom. The average Bonchev–Trinajstić information content (AvgIpc) is 2.16. The van der Waals surface area contributed by atoms with Crippen LogP contribution in [0.5, 0.6) is 0 Å². The van der Waals surface area contributed by atoms with Crippen molar-refractivity contribution in [3.8, 4) is 0 Å². The summed E-state index contributed by atoms with van der Waals surface area (Å²) in [6.07, 6.45) is 0.722. The third-order valence-electron chi connectivity index (χ3n) is 1.59. The minimum absolute atomic E-state index is 0.226. The molecule has 0 amide bonds. The highest BCUT2D eigenvalue weighted by Gasteiger charge is 2.02. The molecule has 0 saturated heterocycles. The second-order valence-corrected chi connectivity index (χ2v) is 2.59. The van der Waals surface area contributed by atoms with Gasteiger partial charge in [0.05, 0.1) is 0 Å². The maximum atomic E-state index is 12.9. The number of hydrogen-bond acceptors (Lipinski definition) is 1. The molecule has 0 radical (unpaired) electrons. The second kappa shape index (κ2) is 5.46. The first-order valence-corrected chi connectivity index (χ1v) is 4.37. The summed E-state index contributed by atoms with van der Waals surface area (Å²) in [7, 11) is 0. The zero-order valence-electron chi connectivity index (χ0n) is 8.52. The molecule has 1 nitrogen and oxygen atoms in total. The zero-order chi connectivity index (χ0) is 10.4. The van der Waals surface area contributed by atoms with Crippen LogP contribution >= 0.6 is 0 Å². The fraction of sp³-hybridized carbons (Fsp3) is 0.364. The molecule has 1 aromatic carbocycles. The number of aryl methyl sites for hydroxylation is 2. The first kappa shape index (κ1) is 11.8. The molecule has 0 bridgehead atoms. The molecule has 1 rings (SSSR count). The van der Waals surface area contributed by atoms with E-state index < -0.39 is 0 Å². The van der Waals surface area contributed by atoms with Gasteiger partial charge in [-0.15, -0.1) is 0 Å². The predicted octanol–water partition coefficient (Wildman–Crippen LogP) is 3.28. The lowest BCUT2D eigenvalue weighted by molar-refractivity contribution is 0.112. The molecule has 1 aromatic rings. The van der Waals surface area contributed by atoms with Crippen LogP contribution in [0, 0.1) is 19.7 Å². The van der Waals surface area contributed by atoms with Crippen LogP contribution in [0.15, 0.2) is 12.1 Å². The van der Waals surface area contributed by atoms with Gasteiger partial charge in [0.15, 0.2) is 0 Å². The van der Waals surface area contributed by atoms with E-state index in [4.69, 9.17) is 0 Å². The topological polar surface area (TPSA) is 17.1 Å². The van der Waals surface area contributed by atoms with Crippen LogP contribution in [0.2, 0.25) is 0 Å². The molecule has 13 heavy (non-hydrogen) atoms. The summed E-state index contributed by atoms with van der Waals surface area (Å²) >= 11 is 0. The van der Waals surface area contributed by atoms with Crippen molar-refractivity contribution in [3.05, 3.63) is 34.6 Å². The van der Waals surface area contributed by atoms with Gasteiger partial charge >= 0.3 is 0 Å². The molecular weight excluding hydrogens is 167 g/mol. The summed E-state index contributed by atoms with van der Waals surface area (Å²) in [5, 5.41) is 0. The van der Waals surface area contributed by atoms with Gasteiger partial charge in [-0.2, -0.15) is 0 Å². The van der Waals surface area contributed by atoms with Gasteiger partial charge in [-0.05, 0) is 37.1 Å². The molecule has 2 heteroatoms. The first-order valence-electron chi connectivity index (χ1n) is 4.37. The summed E-state index contributed by atoms with van der Waals surface area (Å²) in [6.45, 7) is 7.30. The Balaban J connectivity index is 0.000000671. The van der Waals surface area contributed by atoms with Crippen molar-refractivity contribution in [2.75, 3.05) is 0 Å². The fourth-order valence-electron chi connectivity index (χ4n) is 1.05. The Labute approximate surface area is 78.6 Å². The van der Waals surface area contributed by atoms with Crippen LogP contribution in [0.4, 0.5) is 4.39 Å². The van der Waals surface area contributed by atoms with Crippen molar-refractivity contribution in [2.24, 2.45) is 0 Å². The predicted molar refractivity (Wildman–Crippen MR) is 52.6 cm³/mol. The van der Waals surface area contributed by atoms with Crippen molar-refractivity contribution in [1.82, 2.24) is 0 Å². The number of carbonyl (C=O) groups is 1. The number of rotatable bonds is 1. The molecule has 0 fully saturated rings. The lowest BCUT2D eigenvalue weighted by Gasteiger charge is -2.00. The highest BCUT2D eigenvalue weighted by Crippen LogP contribution is 2.12. The summed E-state index contributed by atoms with van der Waals surface area (Å²) < 4.78 is 12.9. The van der Waals surface area contributed by atoms with Gasteiger partial charge in [-0.25, -0.2) is 4.39 Å². The Morgan fingerprint density at radius 2 is 1.54 bits per heavy atom. The van der Waals surface area contributed by atoms with Crippen LogP contribution in [-0.2, 0) is 0 Å². The Morgan fingerprint density at radius 1 is 1.15 bits per heavy atom. The SMILES string of the molecule is CC.Cc1cc(C=O)cc(C)c1F. The minimum Gasteiger partial charge on any atom is -0.298 e. The molecule has 0 aliphatic heterocycles. The quantitative estimate of drug-likeness (QED) is 0.609. The van der Waals surface area contributed by atoms with Crippen molar-refractivity contribution in [3.63, 3.8) is 0 Å². The van der Waals surface area contributed by atoms with Crippen molar-refractivity contribution in [2.45, 2.75) is 27.7 Å². The van der Waals surface area contributed by atoms with Gasteiger partial charge in [0.25, 0.3) is 0 Å². The molecule has 72 valence electrons. The van der Waals surface area contributed by atoms with Gasteiger partial charge in [0, 0.05) is 5.56 Å². The van der Waals surface area contributed by atoms with E-state index in [1.54, 1.807) is 13.8 Å². The number of benzene rings is 1. The van der Waals surface area contributed by atoms with Gasteiger partial charge in [-0.3, -0.25) is 4.79 Å². The van der Waals surface area contributed by atoms with E-state index >= 15 is 0 Å². The van der Waals surface area contributed by atoms with Crippen LogP contribution in [0.1, 0.15) is 35.3 Å². The third kappa shape index (κ3) is 2.98. The third-order valence-corrected chi connectivity index (χ3v) is 1.59. The molecule has 0 spiro atoms. The lowest BCUT2D eigenvalue weighted by Crippen LogP contribution is -1.90. The Hall–Kier alpha value is -1.18. The normalized spacial score (nSPS) is 8.69. The van der Waals surface area contributed by atoms with Gasteiger partial charge < -0.3 is 0 Å². The molecule has 0 aliphatic carbocycles. The summed E-state index contributed by atoms with van der Waals surface area (Å²) in [5.41, 5.74) is 1.57. The van der Waals surface area contributed by atoms with Gasteiger partial charge in [-0.1, -0.05) is 13.8 Å². The molecule has 0 aromatic heterocycles. The molecular formula is C11H15FO. The average molecular weight is 182 g/mol. The van der Waals surface area contributed by atoms with E-state index in [1.165, 1.54) is 12.1 Å². The summed E-state index contributed by atoms with van der Waals surface area (Å²) in [4.78, 5) is 10.3. The highest BCUT2D eigenvalue weighted by molar-refractivity contribution is 5.75. The number of aldehydes is 1. The molecule has 0 atom stereocenters. The number of carbonyl (C=O) groups excluding carboxylic acids is 1. The van der Waals surface area contributed by atoms with Crippen LogP contribution < -0.4 is 0 Å². The largest absolute Gasteiger partial charge is 0.298 e. The molecule has 0 saturated carbocycles. The molecule has 0 unspecified atom stereocenters. The van der Waals surface area contributed by atoms with Crippen LogP contribution in [0.3, 0.4) is 0 Å². The van der Waals surface area contributed by atoms with Crippen LogP contribution in [-0.4, -0.2) is 6.29 Å².